The van der Waals surface area contributed by atoms with Gasteiger partial charge in [0.05, 0.1) is 0 Å². The molecule has 158 valence electrons. The van der Waals surface area contributed by atoms with Crippen LogP contribution in [-0.4, -0.2) is 11.9 Å². The van der Waals surface area contributed by atoms with Crippen molar-refractivity contribution in [1.82, 2.24) is 5.32 Å². The maximum absolute atomic E-state index is 12.6. The molecular weight excluding hydrogens is 392 g/mol. The minimum Gasteiger partial charge on any atom is -0.322 e. The Kier molecular flexibility index (Phi) is 5.82. The summed E-state index contributed by atoms with van der Waals surface area (Å²) >= 11 is 0. The summed E-state index contributed by atoms with van der Waals surface area (Å²) in [6.07, 6.45) is 1.16. The lowest BCUT2D eigenvalue weighted by atomic mass is 10.0. The summed E-state index contributed by atoms with van der Waals surface area (Å²) in [7, 11) is 0. The minimum atomic E-state index is -0.0915. The van der Waals surface area contributed by atoms with Gasteiger partial charge in [0, 0.05) is 29.8 Å². The van der Waals surface area contributed by atoms with Gasteiger partial charge in [-0.15, -0.1) is 0 Å². The molecule has 0 aromatic heterocycles. The Morgan fingerprint density at radius 2 is 1.34 bits per heavy atom. The van der Waals surface area contributed by atoms with Crippen LogP contribution in [-0.2, 0) is 6.54 Å². The molecule has 5 rings (SSSR count). The highest BCUT2D eigenvalue weighted by atomic mass is 16.1. The van der Waals surface area contributed by atoms with E-state index in [9.17, 15) is 4.79 Å². The average molecular weight is 419 g/mol. The van der Waals surface area contributed by atoms with Crippen LogP contribution in [0, 0.1) is 0 Å². The maximum Gasteiger partial charge on any atom is 0.255 e. The molecule has 0 saturated heterocycles. The first-order valence-corrected chi connectivity index (χ1v) is 11.1. The highest BCUT2D eigenvalue weighted by Gasteiger charge is 2.37. The van der Waals surface area contributed by atoms with E-state index < -0.39 is 0 Å². The first kappa shape index (κ1) is 20.2. The SMILES string of the molecule is O=C(Nc1ccc(C2CC2NCc2ccccc2)cc1)c1ccc(-c2ccccc2)cc1. The van der Waals surface area contributed by atoms with E-state index in [4.69, 9.17) is 0 Å². The number of carbonyl (C=O) groups excluding carboxylic acids is 1. The molecule has 1 aliphatic rings. The Balaban J connectivity index is 1.15. The normalized spacial score (nSPS) is 17.0. The van der Waals surface area contributed by atoms with E-state index in [1.165, 1.54) is 11.1 Å². The Labute approximate surface area is 189 Å². The molecule has 0 spiro atoms. The quantitative estimate of drug-likeness (QED) is 0.372. The fourth-order valence-electron chi connectivity index (χ4n) is 4.10. The zero-order chi connectivity index (χ0) is 21.8. The Hall–Kier alpha value is -3.69. The summed E-state index contributed by atoms with van der Waals surface area (Å²) in [6, 6.07) is 37.2. The number of benzene rings is 4. The molecule has 2 N–H and O–H groups in total. The molecule has 1 aliphatic carbocycles. The third-order valence-corrected chi connectivity index (χ3v) is 6.05. The van der Waals surface area contributed by atoms with Crippen molar-refractivity contribution in [2.24, 2.45) is 0 Å². The molecule has 1 amide bonds. The van der Waals surface area contributed by atoms with E-state index in [1.807, 2.05) is 60.7 Å². The zero-order valence-corrected chi connectivity index (χ0v) is 17.9. The Bertz CT molecular complexity index is 1170. The van der Waals surface area contributed by atoms with E-state index in [0.29, 0.717) is 17.5 Å². The van der Waals surface area contributed by atoms with E-state index in [1.54, 1.807) is 0 Å². The van der Waals surface area contributed by atoms with Crippen molar-refractivity contribution in [2.45, 2.75) is 24.9 Å². The van der Waals surface area contributed by atoms with Gasteiger partial charge in [0.2, 0.25) is 0 Å². The van der Waals surface area contributed by atoms with Crippen molar-refractivity contribution in [2.75, 3.05) is 5.32 Å². The van der Waals surface area contributed by atoms with Gasteiger partial charge in [0.1, 0.15) is 0 Å². The van der Waals surface area contributed by atoms with Crippen LogP contribution >= 0.6 is 0 Å². The minimum absolute atomic E-state index is 0.0915. The highest BCUT2D eigenvalue weighted by molar-refractivity contribution is 6.04. The maximum atomic E-state index is 12.6. The van der Waals surface area contributed by atoms with Gasteiger partial charge in [0.15, 0.2) is 0 Å². The number of rotatable bonds is 7. The van der Waals surface area contributed by atoms with E-state index in [-0.39, 0.29) is 5.91 Å². The van der Waals surface area contributed by atoms with Crippen LogP contribution in [0.1, 0.15) is 33.8 Å². The summed E-state index contributed by atoms with van der Waals surface area (Å²) in [5.41, 5.74) is 6.35. The molecule has 3 heteroatoms. The summed E-state index contributed by atoms with van der Waals surface area (Å²) in [5.74, 6) is 0.459. The summed E-state index contributed by atoms with van der Waals surface area (Å²) in [4.78, 5) is 12.6. The van der Waals surface area contributed by atoms with Crippen LogP contribution in [0.15, 0.2) is 109 Å². The van der Waals surface area contributed by atoms with Crippen LogP contribution in [0.3, 0.4) is 0 Å². The fourth-order valence-corrected chi connectivity index (χ4v) is 4.10. The van der Waals surface area contributed by atoms with Crippen molar-refractivity contribution >= 4 is 11.6 Å². The van der Waals surface area contributed by atoms with E-state index >= 15 is 0 Å². The second-order valence-electron chi connectivity index (χ2n) is 8.33. The van der Waals surface area contributed by atoms with Crippen molar-refractivity contribution in [3.8, 4) is 11.1 Å². The van der Waals surface area contributed by atoms with Gasteiger partial charge >= 0.3 is 0 Å². The zero-order valence-electron chi connectivity index (χ0n) is 17.9. The summed E-state index contributed by atoms with van der Waals surface area (Å²) in [6.45, 7) is 0.902. The molecule has 0 bridgehead atoms. The second kappa shape index (κ2) is 9.21. The lowest BCUT2D eigenvalue weighted by molar-refractivity contribution is 0.102. The van der Waals surface area contributed by atoms with Crippen LogP contribution in [0.2, 0.25) is 0 Å². The summed E-state index contributed by atoms with van der Waals surface area (Å²) in [5, 5.41) is 6.64. The van der Waals surface area contributed by atoms with Gasteiger partial charge in [-0.05, 0) is 52.9 Å². The van der Waals surface area contributed by atoms with E-state index in [2.05, 4.69) is 59.2 Å². The second-order valence-corrected chi connectivity index (χ2v) is 8.33. The number of nitrogens with one attached hydrogen (secondary N) is 2. The van der Waals surface area contributed by atoms with Gasteiger partial charge in [-0.2, -0.15) is 0 Å². The standard InChI is InChI=1S/C29H26N2O/c32-29(25-13-11-23(12-14-25)22-9-5-2-6-10-22)31-26-17-15-24(16-18-26)27-19-28(27)30-20-21-7-3-1-4-8-21/h1-18,27-28,30H,19-20H2,(H,31,32). The third-order valence-electron chi connectivity index (χ3n) is 6.05. The monoisotopic (exact) mass is 418 g/mol. The number of carbonyl (C=O) groups is 1. The third kappa shape index (κ3) is 4.79. The first-order chi connectivity index (χ1) is 15.8. The Morgan fingerprint density at radius 1 is 0.719 bits per heavy atom. The number of amides is 1. The van der Waals surface area contributed by atoms with Gasteiger partial charge in [-0.3, -0.25) is 4.79 Å². The molecule has 2 unspecified atom stereocenters. The first-order valence-electron chi connectivity index (χ1n) is 11.1. The number of hydrogen-bond donors (Lipinski definition) is 2. The van der Waals surface area contributed by atoms with Crippen molar-refractivity contribution < 1.29 is 4.79 Å². The molecule has 1 fully saturated rings. The van der Waals surface area contributed by atoms with E-state index in [0.717, 1.165) is 29.8 Å². The fraction of sp³-hybridized carbons (Fsp3) is 0.138. The predicted molar refractivity (Wildman–Crippen MR) is 131 cm³/mol. The summed E-state index contributed by atoms with van der Waals surface area (Å²) < 4.78 is 0. The molecule has 0 aliphatic heterocycles. The highest BCUT2D eigenvalue weighted by Crippen LogP contribution is 2.41. The van der Waals surface area contributed by atoms with Crippen molar-refractivity contribution in [3.05, 3.63) is 126 Å². The van der Waals surface area contributed by atoms with Crippen LogP contribution < -0.4 is 10.6 Å². The van der Waals surface area contributed by atoms with Crippen LogP contribution in [0.4, 0.5) is 5.69 Å². The molecular formula is C29H26N2O. The number of hydrogen-bond acceptors (Lipinski definition) is 2. The number of anilines is 1. The smallest absolute Gasteiger partial charge is 0.255 e. The topological polar surface area (TPSA) is 41.1 Å². The van der Waals surface area contributed by atoms with Crippen LogP contribution in [0.5, 0.6) is 0 Å². The van der Waals surface area contributed by atoms with Gasteiger partial charge in [0.25, 0.3) is 5.91 Å². The molecule has 0 radical (unpaired) electrons. The molecule has 32 heavy (non-hydrogen) atoms. The molecule has 0 heterocycles. The molecule has 2 atom stereocenters. The average Bonchev–Trinajstić information content (AvgIpc) is 3.64. The molecule has 3 nitrogen and oxygen atoms in total. The lowest BCUT2D eigenvalue weighted by Crippen LogP contribution is -2.17. The molecule has 1 saturated carbocycles. The Morgan fingerprint density at radius 3 is 2.03 bits per heavy atom. The van der Waals surface area contributed by atoms with Crippen LogP contribution in [0.25, 0.3) is 11.1 Å². The van der Waals surface area contributed by atoms with Gasteiger partial charge in [-0.1, -0.05) is 84.9 Å². The van der Waals surface area contributed by atoms with Crippen molar-refractivity contribution in [3.63, 3.8) is 0 Å². The van der Waals surface area contributed by atoms with Gasteiger partial charge in [-0.25, -0.2) is 0 Å². The lowest BCUT2D eigenvalue weighted by Gasteiger charge is -2.08. The molecule has 4 aromatic rings. The largest absolute Gasteiger partial charge is 0.322 e. The predicted octanol–water partition coefficient (Wildman–Crippen LogP) is 6.25. The molecule has 4 aromatic carbocycles. The van der Waals surface area contributed by atoms with Gasteiger partial charge < -0.3 is 10.6 Å². The van der Waals surface area contributed by atoms with Crippen molar-refractivity contribution in [1.29, 1.82) is 0 Å².